The van der Waals surface area contributed by atoms with E-state index >= 15 is 0 Å². The molecule has 2 N–H and O–H groups in total. The summed E-state index contributed by atoms with van der Waals surface area (Å²) in [6.45, 7) is 8.11. The second-order valence-electron chi connectivity index (χ2n) is 8.97. The van der Waals surface area contributed by atoms with Gasteiger partial charge in [0.05, 0.1) is 13.2 Å². The van der Waals surface area contributed by atoms with Crippen LogP contribution in [-0.2, 0) is 0 Å². The number of anilines is 2. The number of nitrogens with one attached hydrogen (secondary N) is 1. The first-order valence-corrected chi connectivity index (χ1v) is 11.4. The highest BCUT2D eigenvalue weighted by Crippen LogP contribution is 2.31. The van der Waals surface area contributed by atoms with Crippen molar-refractivity contribution in [1.82, 2.24) is 9.55 Å². The smallest absolute Gasteiger partial charge is 0.119 e. The van der Waals surface area contributed by atoms with E-state index in [9.17, 15) is 5.11 Å². The van der Waals surface area contributed by atoms with Gasteiger partial charge in [-0.05, 0) is 67.8 Å². The van der Waals surface area contributed by atoms with Crippen LogP contribution < -0.4 is 15.0 Å². The SMILES string of the molecule is COc1ccc(N2CC[C@@H](O)[C@H]([C@H](Nc3ccc(-n4ccnc4C)cc3)C(C)C)C2)cc1. The van der Waals surface area contributed by atoms with Crippen molar-refractivity contribution < 1.29 is 9.84 Å². The Morgan fingerprint density at radius 1 is 1.06 bits per heavy atom. The number of piperidine rings is 1. The monoisotopic (exact) mass is 434 g/mol. The predicted molar refractivity (Wildman–Crippen MR) is 130 cm³/mol. The van der Waals surface area contributed by atoms with Crippen LogP contribution in [0.4, 0.5) is 11.4 Å². The summed E-state index contributed by atoms with van der Waals surface area (Å²) in [6, 6.07) is 16.8. The van der Waals surface area contributed by atoms with Gasteiger partial charge in [-0.3, -0.25) is 0 Å². The third kappa shape index (κ3) is 4.75. The molecule has 0 aliphatic carbocycles. The maximum Gasteiger partial charge on any atom is 0.119 e. The van der Waals surface area contributed by atoms with Crippen molar-refractivity contribution in [3.63, 3.8) is 0 Å². The van der Waals surface area contributed by atoms with E-state index in [0.29, 0.717) is 5.92 Å². The summed E-state index contributed by atoms with van der Waals surface area (Å²) in [4.78, 5) is 6.68. The number of rotatable bonds is 7. The molecular weight excluding hydrogens is 400 g/mol. The molecule has 6 heteroatoms. The van der Waals surface area contributed by atoms with E-state index in [-0.39, 0.29) is 18.1 Å². The van der Waals surface area contributed by atoms with Gasteiger partial charge < -0.3 is 24.6 Å². The standard InChI is InChI=1S/C26H34N4O2/c1-18(2)26(28-20-5-7-22(8-6-20)30-16-14-27-19(30)3)24-17-29(15-13-25(24)31)21-9-11-23(32-4)12-10-21/h5-12,14,16,18,24-26,28,31H,13,15,17H2,1-4H3/t24-,25-,26-/m1/s1. The zero-order valence-electron chi connectivity index (χ0n) is 19.4. The van der Waals surface area contributed by atoms with E-state index in [1.165, 1.54) is 5.69 Å². The Hall–Kier alpha value is -2.99. The first-order valence-electron chi connectivity index (χ1n) is 11.4. The van der Waals surface area contributed by atoms with Crippen molar-refractivity contribution in [1.29, 1.82) is 0 Å². The Bertz CT molecular complexity index is 997. The lowest BCUT2D eigenvalue weighted by atomic mass is 9.82. The number of nitrogens with zero attached hydrogens (tertiary/aromatic N) is 3. The third-order valence-corrected chi connectivity index (χ3v) is 6.54. The normalized spacial score (nSPS) is 19.8. The molecule has 0 saturated carbocycles. The summed E-state index contributed by atoms with van der Waals surface area (Å²) >= 11 is 0. The Labute approximate surface area is 190 Å². The van der Waals surface area contributed by atoms with Gasteiger partial charge in [0.2, 0.25) is 0 Å². The average Bonchev–Trinajstić information content (AvgIpc) is 3.24. The maximum absolute atomic E-state index is 10.9. The zero-order chi connectivity index (χ0) is 22.7. The van der Waals surface area contributed by atoms with Crippen molar-refractivity contribution in [2.24, 2.45) is 11.8 Å². The molecule has 3 aromatic rings. The number of benzene rings is 2. The Morgan fingerprint density at radius 3 is 2.34 bits per heavy atom. The van der Waals surface area contributed by atoms with E-state index in [2.05, 4.69) is 70.0 Å². The van der Waals surface area contributed by atoms with Crippen molar-refractivity contribution in [2.45, 2.75) is 39.3 Å². The first-order chi connectivity index (χ1) is 15.5. The topological polar surface area (TPSA) is 62.6 Å². The van der Waals surface area contributed by atoms with Gasteiger partial charge in [0.1, 0.15) is 11.6 Å². The molecule has 0 unspecified atom stereocenters. The van der Waals surface area contributed by atoms with Crippen LogP contribution in [0.3, 0.4) is 0 Å². The minimum atomic E-state index is -0.322. The third-order valence-electron chi connectivity index (χ3n) is 6.54. The highest BCUT2D eigenvalue weighted by atomic mass is 16.5. The van der Waals surface area contributed by atoms with E-state index < -0.39 is 0 Å². The fourth-order valence-corrected chi connectivity index (χ4v) is 4.68. The van der Waals surface area contributed by atoms with E-state index in [0.717, 1.165) is 42.5 Å². The van der Waals surface area contributed by atoms with Crippen LogP contribution in [0, 0.1) is 18.8 Å². The molecule has 0 radical (unpaired) electrons. The molecule has 2 heterocycles. The number of aromatic nitrogens is 2. The van der Waals surface area contributed by atoms with Crippen LogP contribution in [0.15, 0.2) is 60.9 Å². The Morgan fingerprint density at radius 2 is 1.75 bits per heavy atom. The van der Waals surface area contributed by atoms with E-state index in [1.807, 2.05) is 31.5 Å². The number of hydrogen-bond acceptors (Lipinski definition) is 5. The number of hydrogen-bond donors (Lipinski definition) is 2. The van der Waals surface area contributed by atoms with Gasteiger partial charge in [-0.15, -0.1) is 0 Å². The summed E-state index contributed by atoms with van der Waals surface area (Å²) in [7, 11) is 1.68. The summed E-state index contributed by atoms with van der Waals surface area (Å²) in [5.41, 5.74) is 3.33. The lowest BCUT2D eigenvalue weighted by molar-refractivity contribution is 0.0694. The second kappa shape index (κ2) is 9.65. The quantitative estimate of drug-likeness (QED) is 0.573. The van der Waals surface area contributed by atoms with Crippen molar-refractivity contribution >= 4 is 11.4 Å². The van der Waals surface area contributed by atoms with Crippen LogP contribution in [0.5, 0.6) is 5.75 Å². The molecule has 1 aromatic heterocycles. The molecule has 3 atom stereocenters. The van der Waals surface area contributed by atoms with E-state index in [4.69, 9.17) is 4.74 Å². The number of imidazole rings is 1. The van der Waals surface area contributed by atoms with Gasteiger partial charge in [-0.1, -0.05) is 13.8 Å². The van der Waals surface area contributed by atoms with E-state index in [1.54, 1.807) is 7.11 Å². The summed E-state index contributed by atoms with van der Waals surface area (Å²) in [5, 5.41) is 14.6. The molecule has 1 saturated heterocycles. The van der Waals surface area contributed by atoms with Gasteiger partial charge in [0.25, 0.3) is 0 Å². The van der Waals surface area contributed by atoms with Crippen LogP contribution in [0.1, 0.15) is 26.1 Å². The zero-order valence-corrected chi connectivity index (χ0v) is 19.4. The molecule has 32 heavy (non-hydrogen) atoms. The fraction of sp³-hybridized carbons (Fsp3) is 0.423. The molecule has 1 aliphatic heterocycles. The van der Waals surface area contributed by atoms with Crippen molar-refractivity contribution in [3.8, 4) is 11.4 Å². The molecule has 0 bridgehead atoms. The van der Waals surface area contributed by atoms with Gasteiger partial charge in [-0.25, -0.2) is 4.98 Å². The average molecular weight is 435 g/mol. The lowest BCUT2D eigenvalue weighted by Crippen LogP contribution is -2.51. The van der Waals surface area contributed by atoms with Gasteiger partial charge in [0.15, 0.2) is 0 Å². The molecule has 0 spiro atoms. The van der Waals surface area contributed by atoms with Crippen molar-refractivity contribution in [2.75, 3.05) is 30.4 Å². The molecule has 170 valence electrons. The number of aliphatic hydroxyl groups is 1. The summed E-state index contributed by atoms with van der Waals surface area (Å²) in [6.07, 6.45) is 4.23. The van der Waals surface area contributed by atoms with Gasteiger partial charge >= 0.3 is 0 Å². The second-order valence-corrected chi connectivity index (χ2v) is 8.97. The highest BCUT2D eigenvalue weighted by Gasteiger charge is 2.35. The maximum atomic E-state index is 10.9. The van der Waals surface area contributed by atoms with Gasteiger partial charge in [-0.2, -0.15) is 0 Å². The predicted octanol–water partition coefficient (Wildman–Crippen LogP) is 4.51. The first kappa shape index (κ1) is 22.2. The van der Waals surface area contributed by atoms with Crippen LogP contribution >= 0.6 is 0 Å². The van der Waals surface area contributed by atoms with Crippen molar-refractivity contribution in [3.05, 3.63) is 66.7 Å². The Balaban J connectivity index is 1.49. The highest BCUT2D eigenvalue weighted by molar-refractivity contribution is 5.51. The molecule has 1 aliphatic rings. The van der Waals surface area contributed by atoms with Gasteiger partial charge in [0, 0.05) is 54.5 Å². The minimum Gasteiger partial charge on any atom is -0.497 e. The molecule has 1 fully saturated rings. The van der Waals surface area contributed by atoms with Crippen LogP contribution in [0.2, 0.25) is 0 Å². The molecule has 4 rings (SSSR count). The molecular formula is C26H34N4O2. The van der Waals surface area contributed by atoms with Crippen LogP contribution in [0.25, 0.3) is 5.69 Å². The minimum absolute atomic E-state index is 0.126. The molecule has 0 amide bonds. The molecule has 2 aromatic carbocycles. The number of aliphatic hydroxyl groups excluding tert-OH is 1. The largest absolute Gasteiger partial charge is 0.497 e. The lowest BCUT2D eigenvalue weighted by Gasteiger charge is -2.43. The Kier molecular flexibility index (Phi) is 6.70. The molecule has 6 nitrogen and oxygen atoms in total. The fourth-order valence-electron chi connectivity index (χ4n) is 4.68. The van der Waals surface area contributed by atoms with Crippen LogP contribution in [-0.4, -0.2) is 47.0 Å². The number of aryl methyl sites for hydroxylation is 1. The summed E-state index contributed by atoms with van der Waals surface area (Å²) in [5.74, 6) is 2.33. The summed E-state index contributed by atoms with van der Waals surface area (Å²) < 4.78 is 7.37. The number of ether oxygens (including phenoxy) is 1. The number of methoxy groups -OCH3 is 1.